The van der Waals surface area contributed by atoms with E-state index in [0.29, 0.717) is 24.2 Å². The average molecular weight is 569 g/mol. The summed E-state index contributed by atoms with van der Waals surface area (Å²) in [6, 6.07) is 11.5. The number of ether oxygens (including phenoxy) is 1. The molecule has 0 radical (unpaired) electrons. The number of hydrogen-bond acceptors (Lipinski definition) is 7. The summed E-state index contributed by atoms with van der Waals surface area (Å²) in [7, 11) is -3.77. The van der Waals surface area contributed by atoms with Gasteiger partial charge in [0.25, 0.3) is 5.56 Å². The average Bonchev–Trinajstić information content (AvgIpc) is 3.28. The Morgan fingerprint density at radius 2 is 1.76 bits per heavy atom. The minimum atomic E-state index is -4.79. The van der Waals surface area contributed by atoms with Crippen molar-refractivity contribution >= 4 is 32.8 Å². The van der Waals surface area contributed by atoms with E-state index in [2.05, 4.69) is 25.0 Å². The summed E-state index contributed by atoms with van der Waals surface area (Å²) in [5, 5.41) is 8.01. The Morgan fingerprint density at radius 3 is 2.42 bits per heavy atom. The molecule has 1 saturated heterocycles. The van der Waals surface area contributed by atoms with Crippen LogP contribution >= 0.6 is 11.6 Å². The van der Waals surface area contributed by atoms with Crippen molar-refractivity contribution in [2.24, 2.45) is 0 Å². The van der Waals surface area contributed by atoms with Crippen molar-refractivity contribution in [3.05, 3.63) is 75.3 Å². The molecule has 0 amide bonds. The summed E-state index contributed by atoms with van der Waals surface area (Å²) >= 11 is 6.10. The zero-order chi connectivity index (χ0) is 27.1. The van der Waals surface area contributed by atoms with Crippen LogP contribution in [0.15, 0.2) is 58.2 Å². The van der Waals surface area contributed by atoms with Gasteiger partial charge in [-0.15, -0.1) is 18.3 Å². The van der Waals surface area contributed by atoms with Crippen molar-refractivity contribution in [2.75, 3.05) is 13.1 Å². The summed E-state index contributed by atoms with van der Waals surface area (Å²) in [4.78, 5) is 20.0. The number of piperidine rings is 1. The molecule has 200 valence electrons. The number of aromatic nitrogens is 5. The maximum Gasteiger partial charge on any atom is 0.573 e. The largest absolute Gasteiger partial charge is 0.573 e. The third kappa shape index (κ3) is 5.37. The first-order chi connectivity index (χ1) is 18.0. The van der Waals surface area contributed by atoms with Crippen LogP contribution in [0.2, 0.25) is 5.02 Å². The van der Waals surface area contributed by atoms with Gasteiger partial charge in [-0.2, -0.15) is 4.31 Å². The topological polar surface area (TPSA) is 123 Å². The first kappa shape index (κ1) is 26.1. The summed E-state index contributed by atoms with van der Waals surface area (Å²) in [5.74, 6) is -0.189. The van der Waals surface area contributed by atoms with E-state index in [9.17, 15) is 26.4 Å². The number of hydrogen-bond donors (Lipinski definition) is 1. The minimum absolute atomic E-state index is 0.0181. The lowest BCUT2D eigenvalue weighted by Gasteiger charge is -2.30. The fourth-order valence-electron chi connectivity index (χ4n) is 4.32. The smallest absolute Gasteiger partial charge is 0.406 e. The van der Waals surface area contributed by atoms with Crippen LogP contribution < -0.4 is 10.3 Å². The zero-order valence-corrected chi connectivity index (χ0v) is 21.1. The van der Waals surface area contributed by atoms with Crippen LogP contribution in [0.1, 0.15) is 30.1 Å². The number of halogens is 4. The van der Waals surface area contributed by atoms with Gasteiger partial charge in [-0.25, -0.2) is 18.1 Å². The molecule has 2 aromatic heterocycles. The number of aromatic amines is 1. The summed E-state index contributed by atoms with van der Waals surface area (Å²) in [6.07, 6.45) is -3.96. The highest BCUT2D eigenvalue weighted by molar-refractivity contribution is 7.89. The van der Waals surface area contributed by atoms with Gasteiger partial charge in [0.15, 0.2) is 11.2 Å². The molecule has 2 aromatic carbocycles. The maximum atomic E-state index is 13.0. The van der Waals surface area contributed by atoms with E-state index in [4.69, 9.17) is 11.6 Å². The van der Waals surface area contributed by atoms with Gasteiger partial charge in [0.2, 0.25) is 10.0 Å². The van der Waals surface area contributed by atoms with E-state index < -0.39 is 21.9 Å². The number of H-pyrrole nitrogens is 1. The van der Waals surface area contributed by atoms with Gasteiger partial charge in [0.1, 0.15) is 16.5 Å². The van der Waals surface area contributed by atoms with Crippen molar-refractivity contribution < 1.29 is 26.3 Å². The van der Waals surface area contributed by atoms with E-state index >= 15 is 0 Å². The number of benzene rings is 2. The third-order valence-corrected chi connectivity index (χ3v) is 8.57. The van der Waals surface area contributed by atoms with Crippen molar-refractivity contribution in [3.8, 4) is 5.75 Å². The molecular formula is C23H20ClF3N6O4S. The van der Waals surface area contributed by atoms with Crippen LogP contribution in [-0.2, 0) is 16.6 Å². The number of rotatable bonds is 6. The molecule has 5 rings (SSSR count). The van der Waals surface area contributed by atoms with Crippen LogP contribution in [-0.4, -0.2) is 57.1 Å². The SMILES string of the molecule is O=c1[nH]c(C2CCN(S(=O)(=O)c3ccccc3Cl)CC2)nc2c1nnn2Cc1ccc(OC(F)(F)F)cc1. The number of nitrogens with one attached hydrogen (secondary N) is 1. The molecule has 3 heterocycles. The van der Waals surface area contributed by atoms with Crippen molar-refractivity contribution in [1.82, 2.24) is 29.3 Å². The summed E-state index contributed by atoms with van der Waals surface area (Å²) < 4.78 is 69.9. The van der Waals surface area contributed by atoms with Gasteiger partial charge in [-0.1, -0.05) is 41.1 Å². The number of sulfonamides is 1. The normalized spacial score (nSPS) is 15.7. The summed E-state index contributed by atoms with van der Waals surface area (Å²) in [6.45, 7) is 0.529. The predicted molar refractivity (Wildman–Crippen MR) is 130 cm³/mol. The molecule has 10 nitrogen and oxygen atoms in total. The van der Waals surface area contributed by atoms with Crippen LogP contribution in [0.3, 0.4) is 0 Å². The second kappa shape index (κ2) is 10.0. The van der Waals surface area contributed by atoms with E-state index in [1.807, 2.05) is 0 Å². The van der Waals surface area contributed by atoms with Crippen LogP contribution in [0.25, 0.3) is 11.2 Å². The number of fused-ring (bicyclic) bond motifs is 1. The Bertz CT molecular complexity index is 1630. The first-order valence-electron chi connectivity index (χ1n) is 11.4. The molecule has 4 aromatic rings. The van der Waals surface area contributed by atoms with E-state index in [0.717, 1.165) is 0 Å². The second-order valence-corrected chi connectivity index (χ2v) is 11.0. The second-order valence-electron chi connectivity index (χ2n) is 8.67. The van der Waals surface area contributed by atoms with Gasteiger partial charge in [0.05, 0.1) is 11.6 Å². The number of alkyl halides is 3. The molecule has 38 heavy (non-hydrogen) atoms. The van der Waals surface area contributed by atoms with Crippen LogP contribution in [0.4, 0.5) is 13.2 Å². The zero-order valence-electron chi connectivity index (χ0n) is 19.5. The molecule has 0 saturated carbocycles. The Kier molecular flexibility index (Phi) is 6.88. The monoisotopic (exact) mass is 568 g/mol. The van der Waals surface area contributed by atoms with Gasteiger partial charge < -0.3 is 9.72 Å². The lowest BCUT2D eigenvalue weighted by Crippen LogP contribution is -2.38. The predicted octanol–water partition coefficient (Wildman–Crippen LogP) is 3.68. The Morgan fingerprint density at radius 1 is 1.08 bits per heavy atom. The maximum absolute atomic E-state index is 13.0. The Labute approximate surface area is 219 Å². The van der Waals surface area contributed by atoms with E-state index in [1.165, 1.54) is 45.4 Å². The molecular weight excluding hydrogens is 549 g/mol. The Balaban J connectivity index is 1.33. The minimum Gasteiger partial charge on any atom is -0.406 e. The van der Waals surface area contributed by atoms with Crippen molar-refractivity contribution in [2.45, 2.75) is 36.6 Å². The molecule has 1 aliphatic heterocycles. The van der Waals surface area contributed by atoms with Gasteiger partial charge >= 0.3 is 6.36 Å². The molecule has 1 aliphatic rings. The summed E-state index contributed by atoms with van der Waals surface area (Å²) in [5.41, 5.74) is 0.333. The molecule has 0 spiro atoms. The highest BCUT2D eigenvalue weighted by atomic mass is 35.5. The quantitative estimate of drug-likeness (QED) is 0.376. The third-order valence-electron chi connectivity index (χ3n) is 6.18. The standard InChI is InChI=1S/C23H20ClF3N6O4S/c24-17-3-1-2-4-18(17)38(35,36)32-11-9-15(10-12-32)20-28-21-19(22(34)29-20)30-31-33(21)13-14-5-7-16(8-6-14)37-23(25,26)27/h1-8,15H,9-13H2,(H,28,29,34). The number of nitrogens with zero attached hydrogens (tertiary/aromatic N) is 5. The molecule has 0 bridgehead atoms. The van der Waals surface area contributed by atoms with Crippen LogP contribution in [0.5, 0.6) is 5.75 Å². The van der Waals surface area contributed by atoms with Gasteiger partial charge in [-0.3, -0.25) is 4.79 Å². The highest BCUT2D eigenvalue weighted by Crippen LogP contribution is 2.31. The fraction of sp³-hybridized carbons (Fsp3) is 0.304. The van der Waals surface area contributed by atoms with E-state index in [-0.39, 0.29) is 52.4 Å². The van der Waals surface area contributed by atoms with Crippen molar-refractivity contribution in [3.63, 3.8) is 0 Å². The lowest BCUT2D eigenvalue weighted by atomic mass is 9.97. The lowest BCUT2D eigenvalue weighted by molar-refractivity contribution is -0.274. The van der Waals surface area contributed by atoms with E-state index in [1.54, 1.807) is 12.1 Å². The Hall–Kier alpha value is -3.49. The van der Waals surface area contributed by atoms with Gasteiger partial charge in [-0.05, 0) is 42.7 Å². The fourth-order valence-corrected chi connectivity index (χ4v) is 6.28. The molecule has 1 fully saturated rings. The molecule has 1 N–H and O–H groups in total. The first-order valence-corrected chi connectivity index (χ1v) is 13.3. The van der Waals surface area contributed by atoms with Crippen LogP contribution in [0, 0.1) is 0 Å². The van der Waals surface area contributed by atoms with Crippen molar-refractivity contribution in [1.29, 1.82) is 0 Å². The highest BCUT2D eigenvalue weighted by Gasteiger charge is 2.33. The molecule has 0 atom stereocenters. The van der Waals surface area contributed by atoms with Gasteiger partial charge in [0, 0.05) is 19.0 Å². The molecule has 0 unspecified atom stereocenters. The molecule has 15 heteroatoms. The molecule has 0 aliphatic carbocycles.